The van der Waals surface area contributed by atoms with Crippen LogP contribution in [-0.2, 0) is 16.0 Å². The molecular weight excluding hydrogens is 394 g/mol. The number of phenolic OH excluding ortho intramolecular Hbond substituents is 1. The van der Waals surface area contributed by atoms with E-state index in [9.17, 15) is 9.90 Å². The average Bonchev–Trinajstić information content (AvgIpc) is 2.79. The van der Waals surface area contributed by atoms with Gasteiger partial charge in [-0.1, -0.05) is 18.6 Å². The maximum Gasteiger partial charge on any atom is 0.306 e. The van der Waals surface area contributed by atoms with Crippen LogP contribution in [0, 0.1) is 0 Å². The molecule has 4 aliphatic rings. The third-order valence-electron chi connectivity index (χ3n) is 6.86. The van der Waals surface area contributed by atoms with Crippen LogP contribution in [0.1, 0.15) is 55.7 Å². The van der Waals surface area contributed by atoms with E-state index < -0.39 is 0 Å². The summed E-state index contributed by atoms with van der Waals surface area (Å²) in [6.45, 7) is 0.997. The number of carbonyl (C=O) groups is 1. The zero-order chi connectivity index (χ0) is 21.4. The topological polar surface area (TPSA) is 68.2 Å². The van der Waals surface area contributed by atoms with E-state index >= 15 is 0 Å². The van der Waals surface area contributed by atoms with E-state index in [2.05, 4.69) is 4.90 Å². The van der Waals surface area contributed by atoms with Crippen molar-refractivity contribution in [3.8, 4) is 23.0 Å². The van der Waals surface area contributed by atoms with Crippen LogP contribution < -0.4 is 9.47 Å². The highest BCUT2D eigenvalue weighted by Crippen LogP contribution is 2.49. The van der Waals surface area contributed by atoms with Gasteiger partial charge in [-0.05, 0) is 55.6 Å². The maximum atomic E-state index is 12.6. The van der Waals surface area contributed by atoms with Gasteiger partial charge in [-0.3, -0.25) is 9.69 Å². The highest BCUT2D eigenvalue weighted by molar-refractivity contribution is 5.70. The fourth-order valence-corrected chi connectivity index (χ4v) is 5.31. The minimum atomic E-state index is -0.136. The molecule has 1 N–H and O–H groups in total. The van der Waals surface area contributed by atoms with Crippen molar-refractivity contribution in [1.82, 2.24) is 4.90 Å². The highest BCUT2D eigenvalue weighted by Gasteiger charge is 2.41. The number of rotatable bonds is 1. The molecular formula is C25H29NO5. The van der Waals surface area contributed by atoms with Gasteiger partial charge in [0.05, 0.1) is 7.11 Å². The second-order valence-electron chi connectivity index (χ2n) is 8.77. The van der Waals surface area contributed by atoms with Crippen LogP contribution in [-0.4, -0.2) is 41.8 Å². The van der Waals surface area contributed by atoms with Crippen molar-refractivity contribution >= 4 is 5.97 Å². The van der Waals surface area contributed by atoms with Gasteiger partial charge in [0.15, 0.2) is 11.5 Å². The SMILES string of the molecule is COc1ccc2c(c1O)Oc1ccc(cc1)CCC(=O)O[C@H]1C[C@H]3CCCCN3[C@H]2C1. The van der Waals surface area contributed by atoms with Gasteiger partial charge in [-0.2, -0.15) is 0 Å². The first-order valence-electron chi connectivity index (χ1n) is 11.2. The molecule has 0 spiro atoms. The van der Waals surface area contributed by atoms with E-state index in [0.29, 0.717) is 42.6 Å². The molecule has 2 aromatic rings. The molecule has 0 amide bonds. The van der Waals surface area contributed by atoms with Gasteiger partial charge in [0.2, 0.25) is 5.75 Å². The predicted molar refractivity (Wildman–Crippen MR) is 116 cm³/mol. The Bertz CT molecular complexity index is 957. The Morgan fingerprint density at radius 1 is 1.06 bits per heavy atom. The summed E-state index contributed by atoms with van der Waals surface area (Å²) < 4.78 is 17.6. The summed E-state index contributed by atoms with van der Waals surface area (Å²) in [5.41, 5.74) is 1.96. The van der Waals surface area contributed by atoms with Gasteiger partial charge < -0.3 is 19.3 Å². The summed E-state index contributed by atoms with van der Waals surface area (Å²) in [6.07, 6.45) is 5.90. The van der Waals surface area contributed by atoms with Crippen molar-refractivity contribution in [3.63, 3.8) is 0 Å². The van der Waals surface area contributed by atoms with Crippen molar-refractivity contribution in [3.05, 3.63) is 47.5 Å². The molecule has 31 heavy (non-hydrogen) atoms. The molecule has 4 aliphatic heterocycles. The van der Waals surface area contributed by atoms with E-state index in [-0.39, 0.29) is 23.9 Å². The number of esters is 1. The number of benzene rings is 2. The number of methoxy groups -OCH3 is 1. The minimum absolute atomic E-state index is 0.00356. The lowest BCUT2D eigenvalue weighted by molar-refractivity contribution is -0.154. The van der Waals surface area contributed by atoms with Crippen molar-refractivity contribution in [2.45, 2.75) is 63.1 Å². The quantitative estimate of drug-likeness (QED) is 0.668. The van der Waals surface area contributed by atoms with Crippen molar-refractivity contribution in [1.29, 1.82) is 0 Å². The van der Waals surface area contributed by atoms with Crippen LogP contribution in [0.4, 0.5) is 0 Å². The number of hydrogen-bond acceptors (Lipinski definition) is 6. The zero-order valence-electron chi connectivity index (χ0n) is 17.9. The molecule has 6 heteroatoms. The van der Waals surface area contributed by atoms with Crippen LogP contribution in [0.2, 0.25) is 0 Å². The van der Waals surface area contributed by atoms with E-state index in [0.717, 1.165) is 36.9 Å². The van der Waals surface area contributed by atoms with Crippen LogP contribution in [0.3, 0.4) is 0 Å². The average molecular weight is 424 g/mol. The first-order chi connectivity index (χ1) is 15.1. The lowest BCUT2D eigenvalue weighted by Crippen LogP contribution is -2.49. The summed E-state index contributed by atoms with van der Waals surface area (Å²) >= 11 is 0. The molecule has 2 aromatic carbocycles. The van der Waals surface area contributed by atoms with Crippen LogP contribution >= 0.6 is 0 Å². The fourth-order valence-electron chi connectivity index (χ4n) is 5.31. The molecule has 6 rings (SSSR count). The second kappa shape index (κ2) is 8.42. The second-order valence-corrected chi connectivity index (χ2v) is 8.77. The number of phenols is 1. The molecule has 4 heterocycles. The minimum Gasteiger partial charge on any atom is -0.502 e. The third-order valence-corrected chi connectivity index (χ3v) is 6.86. The third kappa shape index (κ3) is 3.97. The molecule has 0 aliphatic carbocycles. The summed E-state index contributed by atoms with van der Waals surface area (Å²) in [4.78, 5) is 15.1. The Kier molecular flexibility index (Phi) is 5.48. The summed E-state index contributed by atoms with van der Waals surface area (Å²) in [5.74, 6) is 1.32. The van der Waals surface area contributed by atoms with E-state index in [1.54, 1.807) is 6.07 Å². The molecule has 0 aromatic heterocycles. The number of carbonyl (C=O) groups excluding carboxylic acids is 1. The van der Waals surface area contributed by atoms with Crippen LogP contribution in [0.25, 0.3) is 0 Å². The van der Waals surface area contributed by atoms with E-state index in [4.69, 9.17) is 14.2 Å². The Hall–Kier alpha value is -2.73. The van der Waals surface area contributed by atoms with Crippen LogP contribution in [0.15, 0.2) is 36.4 Å². The first kappa shape index (κ1) is 20.2. The van der Waals surface area contributed by atoms with Gasteiger partial charge in [0.25, 0.3) is 0 Å². The van der Waals surface area contributed by atoms with Gasteiger partial charge in [-0.15, -0.1) is 0 Å². The van der Waals surface area contributed by atoms with Crippen molar-refractivity contribution in [2.75, 3.05) is 13.7 Å². The lowest BCUT2D eigenvalue weighted by Gasteiger charge is -2.47. The number of ether oxygens (including phenoxy) is 3. The normalized spacial score (nSPS) is 26.1. The molecule has 3 atom stereocenters. The lowest BCUT2D eigenvalue weighted by atomic mass is 9.84. The van der Waals surface area contributed by atoms with Gasteiger partial charge in [0.1, 0.15) is 11.9 Å². The Morgan fingerprint density at radius 3 is 2.71 bits per heavy atom. The largest absolute Gasteiger partial charge is 0.502 e. The van der Waals surface area contributed by atoms with Gasteiger partial charge in [-0.25, -0.2) is 0 Å². The molecule has 4 bridgehead atoms. The predicted octanol–water partition coefficient (Wildman–Crippen LogP) is 4.74. The summed E-state index contributed by atoms with van der Waals surface area (Å²) in [5, 5.41) is 11.0. The number of aromatic hydroxyl groups is 1. The van der Waals surface area contributed by atoms with Gasteiger partial charge >= 0.3 is 5.97 Å². The molecule has 164 valence electrons. The molecule has 0 saturated carbocycles. The Balaban J connectivity index is 1.62. The maximum absolute atomic E-state index is 12.6. The summed E-state index contributed by atoms with van der Waals surface area (Å²) in [7, 11) is 1.54. The number of piperidine rings is 2. The number of nitrogens with zero attached hydrogens (tertiary/aromatic N) is 1. The highest BCUT2D eigenvalue weighted by atomic mass is 16.5. The molecule has 2 fully saturated rings. The molecule has 0 radical (unpaired) electrons. The molecule has 0 unspecified atom stereocenters. The monoisotopic (exact) mass is 423 g/mol. The van der Waals surface area contributed by atoms with E-state index in [1.807, 2.05) is 30.3 Å². The number of aryl methyl sites for hydroxylation is 1. The fraction of sp³-hybridized carbons (Fsp3) is 0.480. The molecule has 6 nitrogen and oxygen atoms in total. The Labute approximate surface area is 182 Å². The van der Waals surface area contributed by atoms with E-state index in [1.165, 1.54) is 13.5 Å². The smallest absolute Gasteiger partial charge is 0.306 e. The van der Waals surface area contributed by atoms with Crippen molar-refractivity contribution in [2.24, 2.45) is 0 Å². The standard InChI is InChI=1S/C25H29NO5/c1-29-22-11-10-20-21-15-19(14-17-4-2-3-13-26(17)21)30-23(27)12-7-16-5-8-18(9-6-16)31-25(20)24(22)28/h5-6,8-11,17,19,21,28H,2-4,7,12-15H2,1H3/t17-,19+,21+/m1/s1. The first-order valence-corrected chi connectivity index (χ1v) is 11.2. The summed E-state index contributed by atoms with van der Waals surface area (Å²) in [6, 6.07) is 11.8. The Morgan fingerprint density at radius 2 is 1.90 bits per heavy atom. The number of fused-ring (bicyclic) bond motifs is 6. The number of hydrogen-bond donors (Lipinski definition) is 1. The van der Waals surface area contributed by atoms with Crippen molar-refractivity contribution < 1.29 is 24.1 Å². The zero-order valence-corrected chi connectivity index (χ0v) is 17.9. The molecule has 2 saturated heterocycles. The van der Waals surface area contributed by atoms with Gasteiger partial charge in [0, 0.05) is 36.9 Å². The van der Waals surface area contributed by atoms with Crippen LogP contribution in [0.5, 0.6) is 23.0 Å².